The van der Waals surface area contributed by atoms with Gasteiger partial charge in [-0.1, -0.05) is 85.8 Å². The summed E-state index contributed by atoms with van der Waals surface area (Å²) < 4.78 is 4.49. The fraction of sp³-hybridized carbons (Fsp3) is 0.0769. The van der Waals surface area contributed by atoms with E-state index in [1.165, 1.54) is 16.6 Å². The highest BCUT2D eigenvalue weighted by Crippen LogP contribution is 2.40. The number of nitriles is 2. The van der Waals surface area contributed by atoms with Gasteiger partial charge in [-0.25, -0.2) is 0 Å². The van der Waals surface area contributed by atoms with Gasteiger partial charge in [-0.3, -0.25) is 0 Å². The Labute approximate surface area is 249 Å². The van der Waals surface area contributed by atoms with Crippen molar-refractivity contribution in [3.05, 3.63) is 138 Å². The molecular formula is C39H26N4. The molecule has 0 radical (unpaired) electrons. The maximum absolute atomic E-state index is 10.4. The van der Waals surface area contributed by atoms with Gasteiger partial charge in [0, 0.05) is 27.4 Å². The summed E-state index contributed by atoms with van der Waals surface area (Å²) in [6, 6.07) is 42.1. The van der Waals surface area contributed by atoms with Crippen molar-refractivity contribution < 1.29 is 0 Å². The van der Waals surface area contributed by atoms with Crippen LogP contribution in [0.3, 0.4) is 0 Å². The minimum atomic E-state index is 0.361. The minimum absolute atomic E-state index is 0.361. The van der Waals surface area contributed by atoms with Crippen LogP contribution in [-0.4, -0.2) is 9.13 Å². The summed E-state index contributed by atoms with van der Waals surface area (Å²) in [5, 5.41) is 24.2. The minimum Gasteiger partial charge on any atom is -0.309 e. The molecule has 5 aromatic carbocycles. The molecule has 43 heavy (non-hydrogen) atoms. The van der Waals surface area contributed by atoms with E-state index in [-0.39, 0.29) is 0 Å². The quantitative estimate of drug-likeness (QED) is 0.220. The molecule has 0 saturated heterocycles. The van der Waals surface area contributed by atoms with Crippen molar-refractivity contribution in [2.45, 2.75) is 13.3 Å². The van der Waals surface area contributed by atoms with Gasteiger partial charge >= 0.3 is 0 Å². The van der Waals surface area contributed by atoms with Crippen LogP contribution in [0.15, 0.2) is 115 Å². The molecule has 0 N–H and O–H groups in total. The molecule has 0 spiro atoms. The third-order valence-electron chi connectivity index (χ3n) is 8.76. The molecule has 0 amide bonds. The van der Waals surface area contributed by atoms with Gasteiger partial charge in [0.05, 0.1) is 39.1 Å². The second kappa shape index (κ2) is 9.62. The van der Waals surface area contributed by atoms with Crippen LogP contribution in [0.2, 0.25) is 0 Å². The van der Waals surface area contributed by atoms with Crippen molar-refractivity contribution in [2.75, 3.05) is 0 Å². The predicted molar refractivity (Wildman–Crippen MR) is 174 cm³/mol. The molecule has 2 aromatic heterocycles. The number of allylic oxidation sites excluding steroid dienone is 1. The van der Waals surface area contributed by atoms with Crippen LogP contribution in [0.25, 0.3) is 61.3 Å². The van der Waals surface area contributed by atoms with E-state index < -0.39 is 0 Å². The summed E-state index contributed by atoms with van der Waals surface area (Å²) in [5.41, 5.74) is 10.1. The van der Waals surface area contributed by atoms with Crippen molar-refractivity contribution >= 4 is 38.8 Å². The molecule has 7 aromatic rings. The van der Waals surface area contributed by atoms with E-state index in [9.17, 15) is 10.5 Å². The van der Waals surface area contributed by atoms with Crippen molar-refractivity contribution in [2.24, 2.45) is 5.92 Å². The maximum atomic E-state index is 10.4. The average Bonchev–Trinajstić information content (AvgIpc) is 3.56. The van der Waals surface area contributed by atoms with E-state index in [4.69, 9.17) is 0 Å². The highest BCUT2D eigenvalue weighted by atomic mass is 15.0. The van der Waals surface area contributed by atoms with Gasteiger partial charge < -0.3 is 9.13 Å². The van der Waals surface area contributed by atoms with E-state index in [1.807, 2.05) is 36.4 Å². The fourth-order valence-electron chi connectivity index (χ4n) is 6.88. The normalized spacial score (nSPS) is 14.2. The van der Waals surface area contributed by atoms with E-state index in [0.29, 0.717) is 22.7 Å². The Morgan fingerprint density at radius 3 is 1.93 bits per heavy atom. The predicted octanol–water partition coefficient (Wildman–Crippen LogP) is 9.34. The number of para-hydroxylation sites is 4. The molecule has 2 heterocycles. The Morgan fingerprint density at radius 2 is 1.26 bits per heavy atom. The van der Waals surface area contributed by atoms with Gasteiger partial charge in [0.25, 0.3) is 0 Å². The molecule has 1 aliphatic carbocycles. The lowest BCUT2D eigenvalue weighted by Crippen LogP contribution is -2.06. The van der Waals surface area contributed by atoms with Crippen LogP contribution in [-0.2, 0) is 6.42 Å². The van der Waals surface area contributed by atoms with Crippen LogP contribution in [0.4, 0.5) is 0 Å². The Kier molecular flexibility index (Phi) is 5.58. The number of benzene rings is 5. The SMILES string of the molecule is CC1C=Cc2c(c3ccccc3n2-c2ccccc2-c2cc(C#N)c(C#N)c(-n3c4ccccc4c4ccccc43)c2)C1. The van der Waals surface area contributed by atoms with E-state index in [0.717, 1.165) is 50.6 Å². The summed E-state index contributed by atoms with van der Waals surface area (Å²) in [4.78, 5) is 0. The van der Waals surface area contributed by atoms with Crippen LogP contribution >= 0.6 is 0 Å². The number of hydrogen-bond acceptors (Lipinski definition) is 2. The standard InChI is InChI=1S/C39H26N4/c1-25-18-19-38-32(20-25)31-13-5-9-17-37(31)42(38)34-14-6-2-10-28(34)26-21-27(23-40)33(24-41)39(22-26)43-35-15-7-3-11-29(35)30-12-4-8-16-36(30)43/h2-19,21-22,25H,20H2,1H3. The topological polar surface area (TPSA) is 57.4 Å². The molecule has 1 atom stereocenters. The number of hydrogen-bond donors (Lipinski definition) is 0. The fourth-order valence-corrected chi connectivity index (χ4v) is 6.88. The lowest BCUT2D eigenvalue weighted by Gasteiger charge is -2.19. The van der Waals surface area contributed by atoms with Crippen molar-refractivity contribution in [3.63, 3.8) is 0 Å². The van der Waals surface area contributed by atoms with Crippen LogP contribution in [0, 0.1) is 28.6 Å². The van der Waals surface area contributed by atoms with Crippen molar-refractivity contribution in [1.29, 1.82) is 10.5 Å². The molecule has 0 saturated carbocycles. The molecular weight excluding hydrogens is 524 g/mol. The van der Waals surface area contributed by atoms with Gasteiger partial charge in [-0.2, -0.15) is 10.5 Å². The number of rotatable bonds is 3. The first-order chi connectivity index (χ1) is 21.2. The second-order valence-electron chi connectivity index (χ2n) is 11.3. The van der Waals surface area contributed by atoms with Crippen molar-refractivity contribution in [1.82, 2.24) is 9.13 Å². The molecule has 1 aliphatic rings. The number of nitrogens with zero attached hydrogens (tertiary/aromatic N) is 4. The summed E-state index contributed by atoms with van der Waals surface area (Å²) in [7, 11) is 0. The first-order valence-corrected chi connectivity index (χ1v) is 14.5. The second-order valence-corrected chi connectivity index (χ2v) is 11.3. The van der Waals surface area contributed by atoms with Gasteiger partial charge in [-0.15, -0.1) is 0 Å². The molecule has 0 aliphatic heterocycles. The van der Waals surface area contributed by atoms with Crippen LogP contribution in [0.1, 0.15) is 29.3 Å². The summed E-state index contributed by atoms with van der Waals surface area (Å²) in [6.07, 6.45) is 5.54. The number of aromatic nitrogens is 2. The maximum Gasteiger partial charge on any atom is 0.103 e. The van der Waals surface area contributed by atoms with E-state index in [1.54, 1.807) is 0 Å². The molecule has 0 fully saturated rings. The first-order valence-electron chi connectivity index (χ1n) is 14.5. The van der Waals surface area contributed by atoms with Gasteiger partial charge in [0.1, 0.15) is 12.1 Å². The Balaban J connectivity index is 1.44. The zero-order valence-corrected chi connectivity index (χ0v) is 23.6. The van der Waals surface area contributed by atoms with Gasteiger partial charge in [0.2, 0.25) is 0 Å². The van der Waals surface area contributed by atoms with Crippen molar-refractivity contribution in [3.8, 4) is 34.6 Å². The largest absolute Gasteiger partial charge is 0.309 e. The highest BCUT2D eigenvalue weighted by Gasteiger charge is 2.24. The molecule has 202 valence electrons. The van der Waals surface area contributed by atoms with Gasteiger partial charge in [-0.05, 0) is 65.9 Å². The summed E-state index contributed by atoms with van der Waals surface area (Å²) >= 11 is 0. The average molecular weight is 551 g/mol. The smallest absolute Gasteiger partial charge is 0.103 e. The zero-order chi connectivity index (χ0) is 29.1. The van der Waals surface area contributed by atoms with E-state index >= 15 is 0 Å². The highest BCUT2D eigenvalue weighted by molar-refractivity contribution is 6.09. The molecule has 8 rings (SSSR count). The van der Waals surface area contributed by atoms with Gasteiger partial charge in [0.15, 0.2) is 0 Å². The zero-order valence-electron chi connectivity index (χ0n) is 23.6. The van der Waals surface area contributed by atoms with Crippen LogP contribution in [0.5, 0.6) is 0 Å². The van der Waals surface area contributed by atoms with Crippen LogP contribution < -0.4 is 0 Å². The summed E-state index contributed by atoms with van der Waals surface area (Å²) in [6.45, 7) is 2.26. The number of fused-ring (bicyclic) bond motifs is 6. The Hall–Kier alpha value is -5.84. The Morgan fingerprint density at radius 1 is 0.651 bits per heavy atom. The first kappa shape index (κ1) is 24.9. The Bertz CT molecular complexity index is 2310. The molecule has 4 heteroatoms. The third-order valence-corrected chi connectivity index (χ3v) is 8.76. The molecule has 4 nitrogen and oxygen atoms in total. The summed E-state index contributed by atoms with van der Waals surface area (Å²) in [5.74, 6) is 0.479. The monoisotopic (exact) mass is 550 g/mol. The third kappa shape index (κ3) is 3.67. The van der Waals surface area contributed by atoms with E-state index in [2.05, 4.69) is 113 Å². The lowest BCUT2D eigenvalue weighted by atomic mass is 9.93. The lowest BCUT2D eigenvalue weighted by molar-refractivity contribution is 0.718. The molecule has 0 bridgehead atoms. The molecule has 1 unspecified atom stereocenters.